The van der Waals surface area contributed by atoms with Crippen molar-refractivity contribution >= 4 is 11.6 Å². The molecule has 0 fully saturated rings. The monoisotopic (exact) mass is 216 g/mol. The lowest BCUT2D eigenvalue weighted by atomic mass is 10.2. The molecule has 0 radical (unpaired) electrons. The second-order valence-corrected chi connectivity index (χ2v) is 3.04. The van der Waals surface area contributed by atoms with Crippen LogP contribution in [0.3, 0.4) is 0 Å². The number of ether oxygens (including phenoxy) is 2. The smallest absolute Gasteiger partial charge is 0.146 e. The Bertz CT molecular complexity index is 312. The lowest BCUT2D eigenvalue weighted by Crippen LogP contribution is -1.97. The first-order valence-electron chi connectivity index (χ1n) is 4.33. The fourth-order valence-electron chi connectivity index (χ4n) is 1.19. The van der Waals surface area contributed by atoms with Gasteiger partial charge < -0.3 is 14.6 Å². The summed E-state index contributed by atoms with van der Waals surface area (Å²) in [6.07, 6.45) is 0. The van der Waals surface area contributed by atoms with Gasteiger partial charge >= 0.3 is 0 Å². The standard InChI is InChI=1S/C10H13ClO3/c1-3-14-8-5-4-7(6-12)10(13-2)9(8)11/h4-5,12H,3,6H2,1-2H3. The molecule has 0 unspecified atom stereocenters. The van der Waals surface area contributed by atoms with Crippen molar-refractivity contribution in [2.45, 2.75) is 13.5 Å². The Hall–Kier alpha value is -0.930. The van der Waals surface area contributed by atoms with Gasteiger partial charge in [0.2, 0.25) is 0 Å². The van der Waals surface area contributed by atoms with Gasteiger partial charge in [0, 0.05) is 5.56 Å². The molecular formula is C10H13ClO3. The highest BCUT2D eigenvalue weighted by Gasteiger charge is 2.12. The highest BCUT2D eigenvalue weighted by atomic mass is 35.5. The largest absolute Gasteiger partial charge is 0.495 e. The molecular weight excluding hydrogens is 204 g/mol. The summed E-state index contributed by atoms with van der Waals surface area (Å²) in [4.78, 5) is 0. The number of hydrogen-bond donors (Lipinski definition) is 1. The molecule has 1 aromatic rings. The van der Waals surface area contributed by atoms with Crippen molar-refractivity contribution in [3.8, 4) is 11.5 Å². The first-order valence-corrected chi connectivity index (χ1v) is 4.71. The topological polar surface area (TPSA) is 38.7 Å². The van der Waals surface area contributed by atoms with Crippen LogP contribution < -0.4 is 9.47 Å². The molecule has 0 bridgehead atoms. The molecule has 0 aliphatic rings. The van der Waals surface area contributed by atoms with E-state index in [2.05, 4.69) is 0 Å². The van der Waals surface area contributed by atoms with Crippen LogP contribution in [0.4, 0.5) is 0 Å². The molecule has 0 saturated heterocycles. The van der Waals surface area contributed by atoms with Crippen LogP contribution in [0, 0.1) is 0 Å². The van der Waals surface area contributed by atoms with E-state index in [1.807, 2.05) is 6.92 Å². The van der Waals surface area contributed by atoms with Crippen LogP contribution in [0.25, 0.3) is 0 Å². The van der Waals surface area contributed by atoms with Crippen LogP contribution in [0.1, 0.15) is 12.5 Å². The molecule has 0 aliphatic heterocycles. The summed E-state index contributed by atoms with van der Waals surface area (Å²) in [6, 6.07) is 3.45. The van der Waals surface area contributed by atoms with Gasteiger partial charge in [-0.3, -0.25) is 0 Å². The second kappa shape index (κ2) is 5.08. The molecule has 78 valence electrons. The Kier molecular flexibility index (Phi) is 4.04. The van der Waals surface area contributed by atoms with E-state index in [0.717, 1.165) is 0 Å². The fourth-order valence-corrected chi connectivity index (χ4v) is 1.51. The molecule has 0 aliphatic carbocycles. The minimum absolute atomic E-state index is 0.102. The Balaban J connectivity index is 3.13. The van der Waals surface area contributed by atoms with E-state index in [1.54, 1.807) is 12.1 Å². The maximum absolute atomic E-state index is 9.02. The highest BCUT2D eigenvalue weighted by molar-refractivity contribution is 6.33. The van der Waals surface area contributed by atoms with Gasteiger partial charge in [-0.15, -0.1) is 0 Å². The summed E-state index contributed by atoms with van der Waals surface area (Å²) in [5.41, 5.74) is 0.654. The summed E-state index contributed by atoms with van der Waals surface area (Å²) in [5, 5.41) is 9.42. The van der Waals surface area contributed by atoms with Gasteiger partial charge in [0.15, 0.2) is 0 Å². The average molecular weight is 217 g/mol. The molecule has 1 rings (SSSR count). The molecule has 4 heteroatoms. The van der Waals surface area contributed by atoms with E-state index in [-0.39, 0.29) is 6.61 Å². The zero-order chi connectivity index (χ0) is 10.6. The lowest BCUT2D eigenvalue weighted by Gasteiger charge is -2.12. The molecule has 0 spiro atoms. The van der Waals surface area contributed by atoms with E-state index in [1.165, 1.54) is 7.11 Å². The third kappa shape index (κ3) is 2.11. The van der Waals surface area contributed by atoms with Gasteiger partial charge in [0.1, 0.15) is 16.5 Å². The van der Waals surface area contributed by atoms with Crippen LogP contribution >= 0.6 is 11.6 Å². The Morgan fingerprint density at radius 2 is 2.14 bits per heavy atom. The summed E-state index contributed by atoms with van der Waals surface area (Å²) < 4.78 is 10.4. The minimum Gasteiger partial charge on any atom is -0.495 e. The predicted octanol–water partition coefficient (Wildman–Crippen LogP) is 2.24. The third-order valence-electron chi connectivity index (χ3n) is 1.82. The maximum Gasteiger partial charge on any atom is 0.146 e. The van der Waals surface area contributed by atoms with Gasteiger partial charge in [0.05, 0.1) is 20.3 Å². The number of rotatable bonds is 4. The van der Waals surface area contributed by atoms with E-state index in [9.17, 15) is 0 Å². The van der Waals surface area contributed by atoms with Crippen molar-refractivity contribution < 1.29 is 14.6 Å². The van der Waals surface area contributed by atoms with Gasteiger partial charge in [-0.25, -0.2) is 0 Å². The fraction of sp³-hybridized carbons (Fsp3) is 0.400. The SMILES string of the molecule is CCOc1ccc(CO)c(OC)c1Cl. The number of hydrogen-bond acceptors (Lipinski definition) is 3. The lowest BCUT2D eigenvalue weighted by molar-refractivity contribution is 0.272. The molecule has 14 heavy (non-hydrogen) atoms. The minimum atomic E-state index is -0.102. The Morgan fingerprint density at radius 3 is 2.64 bits per heavy atom. The number of halogens is 1. The summed E-state index contributed by atoms with van der Waals surface area (Å²) in [5.74, 6) is 1.04. The van der Waals surface area contributed by atoms with Crippen molar-refractivity contribution in [3.05, 3.63) is 22.7 Å². The number of methoxy groups -OCH3 is 1. The predicted molar refractivity (Wildman–Crippen MR) is 55.1 cm³/mol. The van der Waals surface area contributed by atoms with Crippen molar-refractivity contribution in [1.82, 2.24) is 0 Å². The second-order valence-electron chi connectivity index (χ2n) is 2.66. The average Bonchev–Trinajstić information content (AvgIpc) is 2.21. The normalized spacial score (nSPS) is 10.0. The van der Waals surface area contributed by atoms with E-state index in [4.69, 9.17) is 26.2 Å². The van der Waals surface area contributed by atoms with Crippen LogP contribution in [-0.2, 0) is 6.61 Å². The molecule has 0 saturated carbocycles. The molecule has 1 aromatic carbocycles. The highest BCUT2D eigenvalue weighted by Crippen LogP contribution is 2.36. The Morgan fingerprint density at radius 1 is 1.43 bits per heavy atom. The molecule has 0 atom stereocenters. The van der Waals surface area contributed by atoms with E-state index in [0.29, 0.717) is 28.7 Å². The van der Waals surface area contributed by atoms with Gasteiger partial charge in [-0.1, -0.05) is 11.6 Å². The third-order valence-corrected chi connectivity index (χ3v) is 2.18. The quantitative estimate of drug-likeness (QED) is 0.839. The van der Waals surface area contributed by atoms with E-state index < -0.39 is 0 Å². The van der Waals surface area contributed by atoms with Crippen LogP contribution in [0.15, 0.2) is 12.1 Å². The van der Waals surface area contributed by atoms with Crippen molar-refractivity contribution in [2.24, 2.45) is 0 Å². The summed E-state index contributed by atoms with van der Waals surface area (Å²) in [7, 11) is 1.51. The van der Waals surface area contributed by atoms with Crippen molar-refractivity contribution in [1.29, 1.82) is 0 Å². The zero-order valence-electron chi connectivity index (χ0n) is 8.21. The first kappa shape index (κ1) is 11.1. The van der Waals surface area contributed by atoms with Gasteiger partial charge in [-0.05, 0) is 19.1 Å². The molecule has 3 nitrogen and oxygen atoms in total. The molecule has 0 aromatic heterocycles. The molecule has 1 N–H and O–H groups in total. The van der Waals surface area contributed by atoms with Gasteiger partial charge in [-0.2, -0.15) is 0 Å². The maximum atomic E-state index is 9.02. The summed E-state index contributed by atoms with van der Waals surface area (Å²) in [6.45, 7) is 2.32. The first-order chi connectivity index (χ1) is 6.74. The zero-order valence-corrected chi connectivity index (χ0v) is 8.97. The molecule has 0 heterocycles. The molecule has 0 amide bonds. The van der Waals surface area contributed by atoms with Crippen LogP contribution in [0.5, 0.6) is 11.5 Å². The van der Waals surface area contributed by atoms with E-state index >= 15 is 0 Å². The Labute approximate surface area is 88.2 Å². The van der Waals surface area contributed by atoms with Crippen molar-refractivity contribution in [3.63, 3.8) is 0 Å². The van der Waals surface area contributed by atoms with Crippen LogP contribution in [-0.4, -0.2) is 18.8 Å². The summed E-state index contributed by atoms with van der Waals surface area (Å²) >= 11 is 6.01. The number of benzene rings is 1. The number of aliphatic hydroxyl groups excluding tert-OH is 1. The van der Waals surface area contributed by atoms with Gasteiger partial charge in [0.25, 0.3) is 0 Å². The number of aliphatic hydroxyl groups is 1. The van der Waals surface area contributed by atoms with Crippen LogP contribution in [0.2, 0.25) is 5.02 Å². The van der Waals surface area contributed by atoms with Crippen molar-refractivity contribution in [2.75, 3.05) is 13.7 Å².